The summed E-state index contributed by atoms with van der Waals surface area (Å²) in [5, 5.41) is 16.8. The third-order valence-corrected chi connectivity index (χ3v) is 6.19. The number of unbranched alkanes of at least 4 members (excludes halogenated alkanes) is 17. The first-order valence-corrected chi connectivity index (χ1v) is 12.7. The molecule has 0 saturated carbocycles. The molecule has 174 valence electrons. The molecule has 0 spiro atoms. The Hall–Kier alpha value is -1.39. The minimum atomic E-state index is -0.657. The highest BCUT2D eigenvalue weighted by Crippen LogP contribution is 2.15. The van der Waals surface area contributed by atoms with Crippen LogP contribution in [0.1, 0.15) is 133 Å². The van der Waals surface area contributed by atoms with Crippen molar-refractivity contribution in [1.29, 1.82) is 0 Å². The zero-order valence-electron chi connectivity index (χ0n) is 19.8. The van der Waals surface area contributed by atoms with E-state index in [-0.39, 0.29) is 0 Å². The lowest BCUT2D eigenvalue weighted by Crippen LogP contribution is -1.99. The number of aryl methyl sites for hydroxylation is 2. The van der Waals surface area contributed by atoms with Crippen LogP contribution < -0.4 is 0 Å². The summed E-state index contributed by atoms with van der Waals surface area (Å²) in [4.78, 5) is 10.4. The molecule has 0 aliphatic heterocycles. The first kappa shape index (κ1) is 26.6. The van der Waals surface area contributed by atoms with Crippen molar-refractivity contribution in [2.24, 2.45) is 7.05 Å². The second kappa shape index (κ2) is 18.4. The third-order valence-electron chi connectivity index (χ3n) is 6.19. The van der Waals surface area contributed by atoms with Crippen LogP contribution in [0.3, 0.4) is 0 Å². The van der Waals surface area contributed by atoms with E-state index < -0.39 is 5.97 Å². The molecule has 0 bridgehead atoms. The maximum Gasteiger partial charge on any atom is 0.303 e. The van der Waals surface area contributed by atoms with Crippen LogP contribution in [-0.2, 0) is 18.3 Å². The molecule has 5 nitrogen and oxygen atoms in total. The van der Waals surface area contributed by atoms with E-state index in [9.17, 15) is 4.79 Å². The molecule has 1 heterocycles. The normalized spacial score (nSPS) is 11.3. The summed E-state index contributed by atoms with van der Waals surface area (Å²) in [7, 11) is 1.99. The molecule has 30 heavy (non-hydrogen) atoms. The topological polar surface area (TPSA) is 68.0 Å². The smallest absolute Gasteiger partial charge is 0.303 e. The number of carbonyl (C=O) groups is 1. The van der Waals surface area contributed by atoms with Crippen molar-refractivity contribution < 1.29 is 9.90 Å². The molecule has 1 aromatic rings. The number of hydrogen-bond donors (Lipinski definition) is 1. The fourth-order valence-corrected chi connectivity index (χ4v) is 4.22. The molecule has 0 atom stereocenters. The van der Waals surface area contributed by atoms with Gasteiger partial charge in [0.2, 0.25) is 0 Å². The second-order valence-electron chi connectivity index (χ2n) is 9.00. The van der Waals surface area contributed by atoms with Crippen molar-refractivity contribution in [3.05, 3.63) is 11.4 Å². The Kier molecular flexibility index (Phi) is 16.3. The quantitative estimate of drug-likeness (QED) is 0.214. The molecule has 0 fully saturated rings. The van der Waals surface area contributed by atoms with Crippen molar-refractivity contribution in [2.75, 3.05) is 0 Å². The van der Waals surface area contributed by atoms with Gasteiger partial charge in [-0.3, -0.25) is 9.48 Å². The maximum atomic E-state index is 10.4. The number of carboxylic acids is 1. The highest BCUT2D eigenvalue weighted by atomic mass is 16.4. The van der Waals surface area contributed by atoms with Crippen LogP contribution in [0.25, 0.3) is 0 Å². The number of aliphatic carboxylic acids is 1. The highest BCUT2D eigenvalue weighted by Gasteiger charge is 2.05. The molecule has 1 aromatic heterocycles. The lowest BCUT2D eigenvalue weighted by molar-refractivity contribution is -0.137. The molecule has 0 aliphatic rings. The summed E-state index contributed by atoms with van der Waals surface area (Å²) >= 11 is 0. The van der Waals surface area contributed by atoms with Crippen molar-refractivity contribution in [3.63, 3.8) is 0 Å². The van der Waals surface area contributed by atoms with E-state index in [0.29, 0.717) is 6.42 Å². The van der Waals surface area contributed by atoms with Gasteiger partial charge in [-0.25, -0.2) is 0 Å². The van der Waals surface area contributed by atoms with Crippen LogP contribution in [0.5, 0.6) is 0 Å². The van der Waals surface area contributed by atoms with Gasteiger partial charge in [0.1, 0.15) is 0 Å². The first-order valence-electron chi connectivity index (χ1n) is 12.7. The number of aromatic nitrogens is 3. The molecule has 5 heteroatoms. The summed E-state index contributed by atoms with van der Waals surface area (Å²) in [6.07, 6.45) is 25.1. The Balaban J connectivity index is 1.71. The summed E-state index contributed by atoms with van der Waals surface area (Å²) in [5.74, 6) is -0.657. The zero-order valence-corrected chi connectivity index (χ0v) is 19.8. The van der Waals surface area contributed by atoms with Gasteiger partial charge in [0.05, 0.1) is 11.4 Å². The van der Waals surface area contributed by atoms with Crippen molar-refractivity contribution in [1.82, 2.24) is 15.0 Å². The number of rotatable bonds is 21. The molecule has 0 aromatic carbocycles. The van der Waals surface area contributed by atoms with E-state index in [2.05, 4.69) is 17.2 Å². The van der Waals surface area contributed by atoms with Crippen molar-refractivity contribution in [2.45, 2.75) is 135 Å². The van der Waals surface area contributed by atoms with Gasteiger partial charge in [-0.1, -0.05) is 108 Å². The maximum absolute atomic E-state index is 10.4. The Morgan fingerprint density at radius 2 is 1.07 bits per heavy atom. The standard InChI is InChI=1S/C25H47N3O2/c1-23-24(28(2)27-26-23)21-19-17-15-13-11-9-7-5-3-4-6-8-10-12-14-16-18-20-22-25(29)30/h3-22H2,1-2H3,(H,29,30). The lowest BCUT2D eigenvalue weighted by Gasteiger charge is -2.04. The van der Waals surface area contributed by atoms with Crippen molar-refractivity contribution in [3.8, 4) is 0 Å². The van der Waals surface area contributed by atoms with Crippen LogP contribution in [0.4, 0.5) is 0 Å². The van der Waals surface area contributed by atoms with E-state index in [1.807, 2.05) is 11.7 Å². The van der Waals surface area contributed by atoms with Crippen LogP contribution in [0.15, 0.2) is 0 Å². The van der Waals surface area contributed by atoms with E-state index >= 15 is 0 Å². The predicted octanol–water partition coefficient (Wildman–Crippen LogP) is 7.16. The summed E-state index contributed by atoms with van der Waals surface area (Å²) in [5.41, 5.74) is 2.38. The van der Waals surface area contributed by atoms with Crippen LogP contribution >= 0.6 is 0 Å². The Morgan fingerprint density at radius 1 is 0.700 bits per heavy atom. The predicted molar refractivity (Wildman–Crippen MR) is 125 cm³/mol. The fourth-order valence-electron chi connectivity index (χ4n) is 4.22. The van der Waals surface area contributed by atoms with Crippen LogP contribution in [0.2, 0.25) is 0 Å². The highest BCUT2D eigenvalue weighted by molar-refractivity contribution is 5.66. The minimum absolute atomic E-state index is 0.338. The molecular formula is C25H47N3O2. The fraction of sp³-hybridized carbons (Fsp3) is 0.880. The summed E-state index contributed by atoms with van der Waals surface area (Å²) < 4.78 is 1.92. The van der Waals surface area contributed by atoms with Gasteiger partial charge >= 0.3 is 5.97 Å². The monoisotopic (exact) mass is 421 g/mol. The Labute approximate surface area is 185 Å². The van der Waals surface area contributed by atoms with Gasteiger partial charge in [0, 0.05) is 13.5 Å². The Morgan fingerprint density at radius 3 is 1.40 bits per heavy atom. The molecule has 1 N–H and O–H groups in total. The molecule has 0 amide bonds. The van der Waals surface area contributed by atoms with E-state index in [1.165, 1.54) is 108 Å². The number of nitrogens with zero attached hydrogens (tertiary/aromatic N) is 3. The molecule has 0 saturated heterocycles. The van der Waals surface area contributed by atoms with Gasteiger partial charge in [0.15, 0.2) is 0 Å². The zero-order chi connectivity index (χ0) is 21.9. The van der Waals surface area contributed by atoms with Gasteiger partial charge in [-0.05, 0) is 26.2 Å². The van der Waals surface area contributed by atoms with Gasteiger partial charge in [0.25, 0.3) is 0 Å². The number of carboxylic acid groups (broad SMARTS) is 1. The molecule has 0 unspecified atom stereocenters. The molecule has 0 aliphatic carbocycles. The molecule has 1 rings (SSSR count). The lowest BCUT2D eigenvalue weighted by atomic mass is 10.0. The summed E-state index contributed by atoms with van der Waals surface area (Å²) in [6, 6.07) is 0. The summed E-state index contributed by atoms with van der Waals surface area (Å²) in [6.45, 7) is 2.05. The SMILES string of the molecule is Cc1nnn(C)c1CCCCCCCCCCCCCCCCCCCCC(=O)O. The first-order chi connectivity index (χ1) is 14.6. The average Bonchev–Trinajstić information content (AvgIpc) is 3.04. The third kappa shape index (κ3) is 14.6. The number of hydrogen-bond acceptors (Lipinski definition) is 3. The van der Waals surface area contributed by atoms with Crippen LogP contribution in [-0.4, -0.2) is 26.1 Å². The second-order valence-corrected chi connectivity index (χ2v) is 9.00. The Bertz CT molecular complexity index is 523. The molecule has 0 radical (unpaired) electrons. The largest absolute Gasteiger partial charge is 0.481 e. The molecular weight excluding hydrogens is 374 g/mol. The van der Waals surface area contributed by atoms with Crippen LogP contribution in [0, 0.1) is 6.92 Å². The van der Waals surface area contributed by atoms with Crippen molar-refractivity contribution >= 4 is 5.97 Å². The minimum Gasteiger partial charge on any atom is -0.481 e. The van der Waals surface area contributed by atoms with Gasteiger partial charge in [-0.15, -0.1) is 5.10 Å². The van der Waals surface area contributed by atoms with E-state index in [1.54, 1.807) is 0 Å². The van der Waals surface area contributed by atoms with Gasteiger partial charge < -0.3 is 5.11 Å². The van der Waals surface area contributed by atoms with Gasteiger partial charge in [-0.2, -0.15) is 0 Å². The van der Waals surface area contributed by atoms with E-state index in [4.69, 9.17) is 5.11 Å². The van der Waals surface area contributed by atoms with E-state index in [0.717, 1.165) is 25.0 Å². The average molecular weight is 422 g/mol.